The van der Waals surface area contributed by atoms with Gasteiger partial charge in [0.25, 0.3) is 0 Å². The number of halogens is 2. The molecule has 23 heavy (non-hydrogen) atoms. The molecule has 0 spiro atoms. The van der Waals surface area contributed by atoms with Crippen LogP contribution in [0.4, 0.5) is 8.78 Å². The van der Waals surface area contributed by atoms with Gasteiger partial charge in [-0.25, -0.2) is 21.9 Å². The van der Waals surface area contributed by atoms with Gasteiger partial charge in [-0.3, -0.25) is 0 Å². The Hall–Kier alpha value is -1.77. The number of rotatable bonds is 5. The first-order chi connectivity index (χ1) is 10.5. The summed E-state index contributed by atoms with van der Waals surface area (Å²) in [5.41, 5.74) is -1.07. The molecule has 2 rings (SSSR count). The van der Waals surface area contributed by atoms with Crippen LogP contribution < -0.4 is 4.72 Å². The van der Waals surface area contributed by atoms with Gasteiger partial charge in [-0.05, 0) is 45.0 Å². The smallest absolute Gasteiger partial charge is 0.240 e. The largest absolute Gasteiger partial charge is 0.466 e. The van der Waals surface area contributed by atoms with E-state index in [0.717, 1.165) is 12.1 Å². The maximum atomic E-state index is 13.2. The lowest BCUT2D eigenvalue weighted by atomic mass is 9.97. The third-order valence-electron chi connectivity index (χ3n) is 3.43. The lowest BCUT2D eigenvalue weighted by Crippen LogP contribution is -2.38. The Morgan fingerprint density at radius 3 is 2.39 bits per heavy atom. The first-order valence-electron chi connectivity index (χ1n) is 6.77. The van der Waals surface area contributed by atoms with Crippen LogP contribution in [-0.4, -0.2) is 20.1 Å². The van der Waals surface area contributed by atoms with Crippen LogP contribution in [0.2, 0.25) is 0 Å². The number of nitrogens with one attached hydrogen (secondary N) is 1. The fourth-order valence-corrected chi connectivity index (χ4v) is 3.37. The van der Waals surface area contributed by atoms with Gasteiger partial charge in [0.15, 0.2) is 11.6 Å². The van der Waals surface area contributed by atoms with Crippen molar-refractivity contribution in [3.63, 3.8) is 0 Å². The molecule has 0 bridgehead atoms. The van der Waals surface area contributed by atoms with E-state index in [1.807, 2.05) is 0 Å². The van der Waals surface area contributed by atoms with Gasteiger partial charge in [-0.1, -0.05) is 0 Å². The molecule has 0 saturated heterocycles. The number of aliphatic hydroxyl groups is 1. The summed E-state index contributed by atoms with van der Waals surface area (Å²) < 4.78 is 57.8. The van der Waals surface area contributed by atoms with Gasteiger partial charge in [-0.2, -0.15) is 0 Å². The van der Waals surface area contributed by atoms with Gasteiger partial charge in [0.1, 0.15) is 17.1 Å². The second-order valence-electron chi connectivity index (χ2n) is 5.50. The van der Waals surface area contributed by atoms with E-state index in [1.54, 1.807) is 19.9 Å². The molecular formula is C15H17F2NO4S. The molecule has 5 nitrogen and oxygen atoms in total. The molecular weight excluding hydrogens is 328 g/mol. The van der Waals surface area contributed by atoms with Gasteiger partial charge in [-0.15, -0.1) is 0 Å². The molecule has 126 valence electrons. The zero-order valence-electron chi connectivity index (χ0n) is 12.9. The van der Waals surface area contributed by atoms with Crippen LogP contribution in [0.5, 0.6) is 0 Å². The Kier molecular flexibility index (Phi) is 4.61. The van der Waals surface area contributed by atoms with Crippen molar-refractivity contribution in [3.8, 4) is 0 Å². The molecule has 2 aromatic rings. The highest BCUT2D eigenvalue weighted by Gasteiger charge is 2.30. The minimum absolute atomic E-state index is 0.353. The summed E-state index contributed by atoms with van der Waals surface area (Å²) in [6.07, 6.45) is 0. The minimum atomic E-state index is -4.09. The normalized spacial score (nSPS) is 14.7. The number of furan rings is 1. The van der Waals surface area contributed by atoms with E-state index in [4.69, 9.17) is 4.42 Å². The van der Waals surface area contributed by atoms with Gasteiger partial charge >= 0.3 is 0 Å². The SMILES string of the molecule is Cc1cc(C(C)(O)CNS(=O)(=O)c2ccc(F)c(F)c2)c(C)o1. The third-order valence-corrected chi connectivity index (χ3v) is 4.83. The molecule has 1 aromatic heterocycles. The second-order valence-corrected chi connectivity index (χ2v) is 7.27. The summed E-state index contributed by atoms with van der Waals surface area (Å²) in [4.78, 5) is -0.424. The van der Waals surface area contributed by atoms with Gasteiger partial charge in [0.05, 0.1) is 4.90 Å². The summed E-state index contributed by atoms with van der Waals surface area (Å²) >= 11 is 0. The molecule has 0 fully saturated rings. The molecule has 0 aliphatic heterocycles. The Morgan fingerprint density at radius 1 is 1.22 bits per heavy atom. The van der Waals surface area contributed by atoms with Crippen LogP contribution in [0.1, 0.15) is 24.0 Å². The quantitative estimate of drug-likeness (QED) is 0.872. The number of hydrogen-bond donors (Lipinski definition) is 2. The van der Waals surface area contributed by atoms with Crippen molar-refractivity contribution >= 4 is 10.0 Å². The molecule has 1 heterocycles. The number of aryl methyl sites for hydroxylation is 2. The van der Waals surface area contributed by atoms with Crippen molar-refractivity contribution in [1.82, 2.24) is 4.72 Å². The van der Waals surface area contributed by atoms with Crippen LogP contribution in [0.15, 0.2) is 33.6 Å². The lowest BCUT2D eigenvalue weighted by molar-refractivity contribution is 0.0612. The Morgan fingerprint density at radius 2 is 1.87 bits per heavy atom. The molecule has 1 aromatic carbocycles. The molecule has 0 saturated carbocycles. The number of benzene rings is 1. The van der Waals surface area contributed by atoms with Gasteiger partial charge in [0.2, 0.25) is 10.0 Å². The van der Waals surface area contributed by atoms with Crippen molar-refractivity contribution in [1.29, 1.82) is 0 Å². The van der Waals surface area contributed by atoms with E-state index in [9.17, 15) is 22.3 Å². The van der Waals surface area contributed by atoms with Gasteiger partial charge < -0.3 is 9.52 Å². The van der Waals surface area contributed by atoms with E-state index in [2.05, 4.69) is 4.72 Å². The maximum absolute atomic E-state index is 13.2. The molecule has 1 atom stereocenters. The van der Waals surface area contributed by atoms with Crippen LogP contribution in [0.3, 0.4) is 0 Å². The average molecular weight is 345 g/mol. The summed E-state index contributed by atoms with van der Waals surface area (Å²) in [7, 11) is -4.09. The van der Waals surface area contributed by atoms with Crippen LogP contribution >= 0.6 is 0 Å². The first kappa shape index (κ1) is 17.6. The number of sulfonamides is 1. The predicted octanol–water partition coefficient (Wildman–Crippen LogP) is 2.36. The fourth-order valence-electron chi connectivity index (χ4n) is 2.22. The first-order valence-corrected chi connectivity index (χ1v) is 8.26. The molecule has 0 aliphatic carbocycles. The Bertz CT molecular complexity index is 828. The fraction of sp³-hybridized carbons (Fsp3) is 0.333. The molecule has 1 unspecified atom stereocenters. The monoisotopic (exact) mass is 345 g/mol. The second kappa shape index (κ2) is 6.03. The van der Waals surface area contributed by atoms with Gasteiger partial charge in [0, 0.05) is 12.1 Å². The summed E-state index contributed by atoms with van der Waals surface area (Å²) in [6, 6.07) is 3.87. The standard InChI is InChI=1S/C15H17F2NO4S/c1-9-6-12(10(2)22-9)15(3,19)8-18-23(20,21)11-4-5-13(16)14(17)7-11/h4-7,18-19H,8H2,1-3H3. The zero-order chi connectivity index (χ0) is 17.4. The third kappa shape index (κ3) is 3.77. The zero-order valence-corrected chi connectivity index (χ0v) is 13.7. The highest BCUT2D eigenvalue weighted by atomic mass is 32.2. The van der Waals surface area contributed by atoms with E-state index >= 15 is 0 Å². The lowest BCUT2D eigenvalue weighted by Gasteiger charge is -2.23. The molecule has 8 heteroatoms. The van der Waals surface area contributed by atoms with Crippen molar-refractivity contribution in [2.45, 2.75) is 31.3 Å². The average Bonchev–Trinajstić information content (AvgIpc) is 2.79. The maximum Gasteiger partial charge on any atom is 0.240 e. The number of hydrogen-bond acceptors (Lipinski definition) is 4. The van der Waals surface area contributed by atoms with Crippen molar-refractivity contribution in [3.05, 3.63) is 53.0 Å². The molecule has 0 radical (unpaired) electrons. The Labute approximate surface area is 133 Å². The summed E-state index contributed by atoms with van der Waals surface area (Å²) in [5.74, 6) is -1.35. The molecule has 0 amide bonds. The highest BCUT2D eigenvalue weighted by molar-refractivity contribution is 7.89. The molecule has 0 aliphatic rings. The van der Waals surface area contributed by atoms with Crippen molar-refractivity contribution in [2.24, 2.45) is 0 Å². The van der Waals surface area contributed by atoms with E-state index in [0.29, 0.717) is 23.2 Å². The van der Waals surface area contributed by atoms with E-state index < -0.39 is 32.2 Å². The minimum Gasteiger partial charge on any atom is -0.466 e. The summed E-state index contributed by atoms with van der Waals surface area (Å²) in [6.45, 7) is 4.44. The highest BCUT2D eigenvalue weighted by Crippen LogP contribution is 2.27. The van der Waals surface area contributed by atoms with E-state index in [1.165, 1.54) is 6.92 Å². The topological polar surface area (TPSA) is 79.5 Å². The van der Waals surface area contributed by atoms with Crippen LogP contribution in [0.25, 0.3) is 0 Å². The van der Waals surface area contributed by atoms with E-state index in [-0.39, 0.29) is 6.54 Å². The van der Waals surface area contributed by atoms with Crippen LogP contribution in [0, 0.1) is 25.5 Å². The predicted molar refractivity (Wildman–Crippen MR) is 79.3 cm³/mol. The van der Waals surface area contributed by atoms with Crippen molar-refractivity contribution < 1.29 is 26.7 Å². The summed E-state index contributed by atoms with van der Waals surface area (Å²) in [5, 5.41) is 10.5. The Balaban J connectivity index is 2.21. The molecule has 2 N–H and O–H groups in total. The van der Waals surface area contributed by atoms with Crippen molar-refractivity contribution in [2.75, 3.05) is 6.54 Å². The van der Waals surface area contributed by atoms with Crippen LogP contribution in [-0.2, 0) is 15.6 Å².